The number of anilines is 1. The third-order valence-electron chi connectivity index (χ3n) is 2.57. The van der Waals surface area contributed by atoms with Gasteiger partial charge in [-0.15, -0.1) is 0 Å². The second-order valence-corrected chi connectivity index (χ2v) is 4.57. The first-order valence-electron chi connectivity index (χ1n) is 5.91. The van der Waals surface area contributed by atoms with Crippen LogP contribution in [0.2, 0.25) is 5.02 Å². The van der Waals surface area contributed by atoms with E-state index in [0.717, 1.165) is 11.4 Å². The van der Waals surface area contributed by atoms with E-state index in [0.29, 0.717) is 10.7 Å². The van der Waals surface area contributed by atoms with Crippen molar-refractivity contribution < 1.29 is 0 Å². The van der Waals surface area contributed by atoms with Gasteiger partial charge in [0.25, 0.3) is 0 Å². The van der Waals surface area contributed by atoms with Gasteiger partial charge in [0, 0.05) is 6.20 Å². The van der Waals surface area contributed by atoms with Crippen molar-refractivity contribution in [1.82, 2.24) is 9.78 Å². The minimum Gasteiger partial charge on any atom is -0.382 e. The third-order valence-corrected chi connectivity index (χ3v) is 2.88. The van der Waals surface area contributed by atoms with E-state index in [4.69, 9.17) is 28.0 Å². The fraction of sp³-hybridized carbons (Fsp3) is 0.0769. The van der Waals surface area contributed by atoms with Crippen LogP contribution in [0.3, 0.4) is 0 Å². The van der Waals surface area contributed by atoms with E-state index in [1.807, 2.05) is 19.2 Å². The van der Waals surface area contributed by atoms with Crippen molar-refractivity contribution in [3.05, 3.63) is 41.2 Å². The van der Waals surface area contributed by atoms with Gasteiger partial charge < -0.3 is 5.73 Å². The molecule has 0 spiro atoms. The lowest BCUT2D eigenvalue weighted by Gasteiger charge is -2.07. The summed E-state index contributed by atoms with van der Waals surface area (Å²) in [6.07, 6.45) is 1.81. The highest BCUT2D eigenvalue weighted by molar-refractivity contribution is 6.45. The molecule has 0 atom stereocenters. The molecule has 8 heteroatoms. The number of aromatic nitrogens is 2. The average Bonchev–Trinajstić information content (AvgIpc) is 2.85. The fourth-order valence-corrected chi connectivity index (χ4v) is 1.84. The number of nitrogens with zero attached hydrogens (tertiary/aromatic N) is 4. The van der Waals surface area contributed by atoms with Crippen LogP contribution in [0.15, 0.2) is 35.6 Å². The fourth-order valence-electron chi connectivity index (χ4n) is 1.58. The number of benzene rings is 1. The quantitative estimate of drug-likeness (QED) is 0.455. The van der Waals surface area contributed by atoms with Crippen LogP contribution in [0, 0.1) is 23.7 Å². The molecule has 0 fully saturated rings. The molecule has 2 rings (SSSR count). The van der Waals surface area contributed by atoms with Crippen molar-refractivity contribution in [2.45, 2.75) is 6.92 Å². The molecule has 0 saturated carbocycles. The van der Waals surface area contributed by atoms with Gasteiger partial charge in [-0.25, -0.2) is 4.68 Å². The molecule has 1 aromatic carbocycles. The molecule has 4 N–H and O–H groups in total. The van der Waals surface area contributed by atoms with E-state index in [1.165, 1.54) is 0 Å². The van der Waals surface area contributed by atoms with E-state index >= 15 is 0 Å². The summed E-state index contributed by atoms with van der Waals surface area (Å²) in [6.45, 7) is 1.89. The molecule has 0 unspecified atom stereocenters. The highest BCUT2D eigenvalue weighted by Crippen LogP contribution is 2.24. The minimum absolute atomic E-state index is 0.196. The second kappa shape index (κ2) is 6.07. The molecule has 0 radical (unpaired) electrons. The molecule has 1 heterocycles. The van der Waals surface area contributed by atoms with Crippen LogP contribution in [0.4, 0.5) is 5.69 Å². The molecular weight excluding hydrogens is 290 g/mol. The Labute approximate surface area is 126 Å². The number of nitrogens with one attached hydrogen (secondary N) is 2. The molecule has 21 heavy (non-hydrogen) atoms. The molecule has 0 aliphatic rings. The van der Waals surface area contributed by atoms with Crippen LogP contribution in [0.25, 0.3) is 5.69 Å². The molecule has 2 aromatic rings. The van der Waals surface area contributed by atoms with Crippen LogP contribution < -0.4 is 11.2 Å². The summed E-state index contributed by atoms with van der Waals surface area (Å²) >= 11 is 6.20. The van der Waals surface area contributed by atoms with Crippen LogP contribution in [0.5, 0.6) is 0 Å². The van der Waals surface area contributed by atoms with Gasteiger partial charge in [-0.1, -0.05) is 11.6 Å². The van der Waals surface area contributed by atoms with E-state index < -0.39 is 5.84 Å². The SMILES string of the molecule is Cc1ccn(-c2ccc(N/N=C(\C#N)C(=N)N)cc2Cl)n1. The minimum atomic E-state index is -0.403. The summed E-state index contributed by atoms with van der Waals surface area (Å²) in [5, 5.41) is 24.4. The highest BCUT2D eigenvalue weighted by Gasteiger charge is 2.06. The molecule has 106 valence electrons. The molecule has 0 aliphatic carbocycles. The second-order valence-electron chi connectivity index (χ2n) is 4.17. The molecule has 0 bridgehead atoms. The van der Waals surface area contributed by atoms with Gasteiger partial charge in [-0.05, 0) is 31.2 Å². The molecule has 1 aromatic heterocycles. The number of halogens is 1. The Hall–Kier alpha value is -2.85. The van der Waals surface area contributed by atoms with Crippen molar-refractivity contribution in [3.63, 3.8) is 0 Å². The van der Waals surface area contributed by atoms with Gasteiger partial charge in [0.15, 0.2) is 5.84 Å². The lowest BCUT2D eigenvalue weighted by Crippen LogP contribution is -2.21. The summed E-state index contributed by atoms with van der Waals surface area (Å²) in [7, 11) is 0. The summed E-state index contributed by atoms with van der Waals surface area (Å²) in [4.78, 5) is 0. The predicted molar refractivity (Wildman–Crippen MR) is 81.9 cm³/mol. The highest BCUT2D eigenvalue weighted by atomic mass is 35.5. The number of hydrazone groups is 1. The molecule has 0 aliphatic heterocycles. The van der Waals surface area contributed by atoms with Crippen molar-refractivity contribution in [1.29, 1.82) is 10.7 Å². The average molecular weight is 302 g/mol. The summed E-state index contributed by atoms with van der Waals surface area (Å²) in [6, 6.07) is 8.74. The van der Waals surface area contributed by atoms with Crippen molar-refractivity contribution >= 4 is 28.8 Å². The number of aryl methyl sites for hydroxylation is 1. The first kappa shape index (κ1) is 14.6. The Morgan fingerprint density at radius 3 is 2.81 bits per heavy atom. The maximum Gasteiger partial charge on any atom is 0.201 e. The van der Waals surface area contributed by atoms with Crippen LogP contribution in [0.1, 0.15) is 5.69 Å². The van der Waals surface area contributed by atoms with Crippen LogP contribution >= 0.6 is 11.6 Å². The van der Waals surface area contributed by atoms with Gasteiger partial charge in [-0.2, -0.15) is 15.5 Å². The lowest BCUT2D eigenvalue weighted by molar-refractivity contribution is 0.863. The number of amidine groups is 1. The van der Waals surface area contributed by atoms with Crippen LogP contribution in [-0.4, -0.2) is 21.3 Å². The zero-order chi connectivity index (χ0) is 15.4. The topological polar surface area (TPSA) is 116 Å². The Morgan fingerprint density at radius 2 is 2.29 bits per heavy atom. The molecule has 0 saturated heterocycles. The maximum absolute atomic E-state index is 8.74. The summed E-state index contributed by atoms with van der Waals surface area (Å²) < 4.78 is 1.67. The number of rotatable bonds is 4. The number of nitrogens with two attached hydrogens (primary N) is 1. The standard InChI is InChI=1S/C13H12ClN7/c1-8-4-5-21(20-8)12-3-2-9(6-10(12)14)18-19-11(7-15)13(16)17/h2-6,18H,1H3,(H3,16,17)/b19-11+. The zero-order valence-corrected chi connectivity index (χ0v) is 11.9. The summed E-state index contributed by atoms with van der Waals surface area (Å²) in [5.74, 6) is -0.403. The molecule has 7 nitrogen and oxygen atoms in total. The Morgan fingerprint density at radius 1 is 1.52 bits per heavy atom. The Kier molecular flexibility index (Phi) is 4.21. The normalized spacial score (nSPS) is 11.0. The first-order valence-corrected chi connectivity index (χ1v) is 6.29. The largest absolute Gasteiger partial charge is 0.382 e. The first-order chi connectivity index (χ1) is 10.0. The van der Waals surface area contributed by atoms with Crippen molar-refractivity contribution in [2.75, 3.05) is 5.43 Å². The van der Waals surface area contributed by atoms with E-state index in [1.54, 1.807) is 29.0 Å². The predicted octanol–water partition coefficient (Wildman–Crippen LogP) is 2.06. The summed E-state index contributed by atoms with van der Waals surface area (Å²) in [5.41, 5.74) is 9.82. The Bertz CT molecular complexity index is 754. The van der Waals surface area contributed by atoms with Crippen LogP contribution in [-0.2, 0) is 0 Å². The van der Waals surface area contributed by atoms with Gasteiger partial charge in [0.05, 0.1) is 22.1 Å². The van der Waals surface area contributed by atoms with Gasteiger partial charge in [0.1, 0.15) is 6.07 Å². The molecular formula is C13H12ClN7. The van der Waals surface area contributed by atoms with E-state index in [9.17, 15) is 0 Å². The zero-order valence-electron chi connectivity index (χ0n) is 11.1. The Balaban J connectivity index is 2.24. The van der Waals surface area contributed by atoms with Gasteiger partial charge in [0.2, 0.25) is 5.71 Å². The lowest BCUT2D eigenvalue weighted by atomic mass is 10.3. The number of hydrogen-bond donors (Lipinski definition) is 3. The van der Waals surface area contributed by atoms with Crippen molar-refractivity contribution in [3.8, 4) is 11.8 Å². The van der Waals surface area contributed by atoms with Gasteiger partial charge in [-0.3, -0.25) is 10.8 Å². The van der Waals surface area contributed by atoms with Crippen molar-refractivity contribution in [2.24, 2.45) is 10.8 Å². The number of hydrogen-bond acceptors (Lipinski definition) is 5. The molecule has 0 amide bonds. The van der Waals surface area contributed by atoms with Gasteiger partial charge >= 0.3 is 0 Å². The smallest absolute Gasteiger partial charge is 0.201 e. The number of nitriles is 1. The third kappa shape index (κ3) is 3.38. The monoisotopic (exact) mass is 301 g/mol. The van der Waals surface area contributed by atoms with E-state index in [-0.39, 0.29) is 5.71 Å². The van der Waals surface area contributed by atoms with E-state index in [2.05, 4.69) is 15.6 Å². The maximum atomic E-state index is 8.74.